The van der Waals surface area contributed by atoms with Crippen LogP contribution in [0, 0.1) is 19.8 Å². The fourth-order valence-corrected chi connectivity index (χ4v) is 5.80. The molecule has 3 heterocycles. The van der Waals surface area contributed by atoms with Gasteiger partial charge in [0, 0.05) is 25.0 Å². The van der Waals surface area contributed by atoms with Gasteiger partial charge in [-0.15, -0.1) is 11.3 Å². The van der Waals surface area contributed by atoms with E-state index in [2.05, 4.69) is 15.2 Å². The van der Waals surface area contributed by atoms with E-state index in [0.717, 1.165) is 60.4 Å². The first-order valence-electron chi connectivity index (χ1n) is 10.9. The van der Waals surface area contributed by atoms with Crippen molar-refractivity contribution in [2.75, 3.05) is 25.1 Å². The molecule has 1 N–H and O–H groups in total. The number of anilines is 1. The van der Waals surface area contributed by atoms with E-state index in [9.17, 15) is 9.59 Å². The Hall–Kier alpha value is -2.22. The van der Waals surface area contributed by atoms with Crippen LogP contribution < -0.4 is 10.2 Å². The van der Waals surface area contributed by atoms with Crippen molar-refractivity contribution in [3.05, 3.63) is 16.3 Å². The van der Waals surface area contributed by atoms with E-state index in [1.54, 1.807) is 0 Å². The smallest absolute Gasteiger partial charge is 0.348 e. The van der Waals surface area contributed by atoms with E-state index in [1.807, 2.05) is 13.8 Å². The molecule has 2 fully saturated rings. The molecular weight excluding hydrogens is 400 g/mol. The summed E-state index contributed by atoms with van der Waals surface area (Å²) in [5, 5.41) is 4.23. The minimum atomic E-state index is -0.330. The number of carbonyl (C=O) groups excluding carboxylic acids is 2. The second kappa shape index (κ2) is 8.88. The Labute approximate surface area is 181 Å². The molecule has 1 amide bonds. The highest BCUT2D eigenvalue weighted by molar-refractivity contribution is 7.20. The Balaban J connectivity index is 1.48. The largest absolute Gasteiger partial charge is 0.465 e. The number of rotatable bonds is 4. The molecule has 1 saturated carbocycles. The van der Waals surface area contributed by atoms with Crippen LogP contribution in [0.4, 0.5) is 5.82 Å². The maximum absolute atomic E-state index is 12.6. The summed E-state index contributed by atoms with van der Waals surface area (Å²) in [6.45, 7) is 5.46. The van der Waals surface area contributed by atoms with Crippen molar-refractivity contribution in [1.29, 1.82) is 0 Å². The average molecular weight is 431 g/mol. The molecule has 8 heteroatoms. The molecule has 2 aromatic rings. The number of amides is 1. The SMILES string of the molecule is COC(=O)c1sc2nc(C)nc(N3CCC(NC(=O)C4CCCCC4)CC3)c2c1C. The second-order valence-electron chi connectivity index (χ2n) is 8.43. The summed E-state index contributed by atoms with van der Waals surface area (Å²) in [6.07, 6.45) is 7.47. The summed E-state index contributed by atoms with van der Waals surface area (Å²) in [6, 6.07) is 0.225. The molecule has 4 rings (SSSR count). The molecule has 1 aliphatic heterocycles. The van der Waals surface area contributed by atoms with E-state index in [4.69, 9.17) is 9.72 Å². The van der Waals surface area contributed by atoms with Crippen LogP contribution in [0.2, 0.25) is 0 Å². The number of nitrogens with zero attached hydrogens (tertiary/aromatic N) is 3. The quantitative estimate of drug-likeness (QED) is 0.744. The molecule has 0 atom stereocenters. The first-order valence-corrected chi connectivity index (χ1v) is 11.7. The van der Waals surface area contributed by atoms with Crippen LogP contribution >= 0.6 is 11.3 Å². The predicted octanol–water partition coefficient (Wildman–Crippen LogP) is 3.76. The van der Waals surface area contributed by atoms with Crippen molar-refractivity contribution in [3.63, 3.8) is 0 Å². The number of carbonyl (C=O) groups is 2. The Morgan fingerprint density at radius 3 is 2.43 bits per heavy atom. The first-order chi connectivity index (χ1) is 14.5. The Kier molecular flexibility index (Phi) is 6.22. The number of fused-ring (bicyclic) bond motifs is 1. The third-order valence-corrected chi connectivity index (χ3v) is 7.54. The van der Waals surface area contributed by atoms with Crippen molar-refractivity contribution in [1.82, 2.24) is 15.3 Å². The molecule has 0 spiro atoms. The Morgan fingerprint density at radius 1 is 1.07 bits per heavy atom. The van der Waals surface area contributed by atoms with Gasteiger partial charge in [0.1, 0.15) is 21.3 Å². The number of aromatic nitrogens is 2. The summed E-state index contributed by atoms with van der Waals surface area (Å²) < 4.78 is 4.93. The lowest BCUT2D eigenvalue weighted by molar-refractivity contribution is -0.126. The first kappa shape index (κ1) is 21.0. The third kappa shape index (κ3) is 4.15. The molecule has 30 heavy (non-hydrogen) atoms. The zero-order valence-corrected chi connectivity index (χ0v) is 18.8. The monoisotopic (exact) mass is 430 g/mol. The van der Waals surface area contributed by atoms with Crippen LogP contribution in [0.3, 0.4) is 0 Å². The van der Waals surface area contributed by atoms with E-state index >= 15 is 0 Å². The number of esters is 1. The Bertz CT molecular complexity index is 943. The maximum atomic E-state index is 12.6. The van der Waals surface area contributed by atoms with Crippen molar-refractivity contribution < 1.29 is 14.3 Å². The summed E-state index contributed by atoms with van der Waals surface area (Å²) in [7, 11) is 1.40. The summed E-state index contributed by atoms with van der Waals surface area (Å²) in [5.41, 5.74) is 0.879. The van der Waals surface area contributed by atoms with E-state index < -0.39 is 0 Å². The molecular formula is C22H30N4O3S. The van der Waals surface area contributed by atoms with Gasteiger partial charge in [0.15, 0.2) is 0 Å². The third-order valence-electron chi connectivity index (χ3n) is 6.37. The van der Waals surface area contributed by atoms with Crippen LogP contribution in [-0.2, 0) is 9.53 Å². The zero-order chi connectivity index (χ0) is 21.3. The summed E-state index contributed by atoms with van der Waals surface area (Å²) in [5.74, 6) is 1.69. The number of hydrogen-bond acceptors (Lipinski definition) is 7. The van der Waals surface area contributed by atoms with E-state index in [-0.39, 0.29) is 23.8 Å². The van der Waals surface area contributed by atoms with Crippen molar-refractivity contribution in [2.45, 2.75) is 64.8 Å². The fourth-order valence-electron chi connectivity index (χ4n) is 4.66. The number of nitrogens with one attached hydrogen (secondary N) is 1. The standard InChI is InChI=1S/C22H30N4O3S/c1-13-17-19(23-14(2)24-21(17)30-18(13)22(28)29-3)26-11-9-16(10-12-26)25-20(27)15-7-5-4-6-8-15/h15-16H,4-12H2,1-3H3,(H,25,27). The molecule has 1 saturated heterocycles. The van der Waals surface area contributed by atoms with Crippen LogP contribution in [0.15, 0.2) is 0 Å². The Morgan fingerprint density at radius 2 is 1.77 bits per heavy atom. The second-order valence-corrected chi connectivity index (χ2v) is 9.43. The fraction of sp³-hybridized carbons (Fsp3) is 0.636. The lowest BCUT2D eigenvalue weighted by Gasteiger charge is -2.34. The van der Waals surface area contributed by atoms with Gasteiger partial charge in [-0.3, -0.25) is 4.79 Å². The van der Waals surface area contributed by atoms with Crippen LogP contribution in [-0.4, -0.2) is 48.1 Å². The topological polar surface area (TPSA) is 84.4 Å². The van der Waals surface area contributed by atoms with Gasteiger partial charge in [0.2, 0.25) is 5.91 Å². The number of thiophene rings is 1. The van der Waals surface area contributed by atoms with Gasteiger partial charge in [-0.05, 0) is 45.1 Å². The highest BCUT2D eigenvalue weighted by Crippen LogP contribution is 2.36. The molecule has 0 bridgehead atoms. The lowest BCUT2D eigenvalue weighted by Crippen LogP contribution is -2.46. The number of methoxy groups -OCH3 is 1. The molecule has 0 unspecified atom stereocenters. The van der Waals surface area contributed by atoms with Crippen molar-refractivity contribution in [2.24, 2.45) is 5.92 Å². The minimum Gasteiger partial charge on any atom is -0.465 e. The zero-order valence-electron chi connectivity index (χ0n) is 18.0. The molecule has 0 radical (unpaired) electrons. The molecule has 162 valence electrons. The van der Waals surface area contributed by atoms with Crippen LogP contribution in [0.25, 0.3) is 10.2 Å². The maximum Gasteiger partial charge on any atom is 0.348 e. The number of aryl methyl sites for hydroxylation is 2. The van der Waals surface area contributed by atoms with Gasteiger partial charge in [0.25, 0.3) is 0 Å². The summed E-state index contributed by atoms with van der Waals surface area (Å²) >= 11 is 1.36. The molecule has 2 aromatic heterocycles. The molecule has 1 aliphatic carbocycles. The number of hydrogen-bond donors (Lipinski definition) is 1. The van der Waals surface area contributed by atoms with Crippen molar-refractivity contribution in [3.8, 4) is 0 Å². The van der Waals surface area contributed by atoms with Gasteiger partial charge in [-0.1, -0.05) is 19.3 Å². The average Bonchev–Trinajstić information content (AvgIpc) is 3.10. The minimum absolute atomic E-state index is 0.200. The lowest BCUT2D eigenvalue weighted by atomic mass is 9.88. The van der Waals surface area contributed by atoms with Gasteiger partial charge in [-0.25, -0.2) is 14.8 Å². The number of piperidine rings is 1. The van der Waals surface area contributed by atoms with Gasteiger partial charge in [-0.2, -0.15) is 0 Å². The van der Waals surface area contributed by atoms with E-state index in [0.29, 0.717) is 10.7 Å². The number of ether oxygens (including phenoxy) is 1. The van der Waals surface area contributed by atoms with Crippen LogP contribution in [0.5, 0.6) is 0 Å². The molecule has 0 aromatic carbocycles. The van der Waals surface area contributed by atoms with Crippen molar-refractivity contribution >= 4 is 39.2 Å². The summed E-state index contributed by atoms with van der Waals surface area (Å²) in [4.78, 5) is 37.7. The van der Waals surface area contributed by atoms with Crippen LogP contribution in [0.1, 0.15) is 66.0 Å². The normalized spacial score (nSPS) is 18.6. The predicted molar refractivity (Wildman–Crippen MR) is 118 cm³/mol. The molecule has 7 nitrogen and oxygen atoms in total. The molecule has 2 aliphatic rings. The van der Waals surface area contributed by atoms with E-state index in [1.165, 1.54) is 37.7 Å². The van der Waals surface area contributed by atoms with Gasteiger partial charge in [0.05, 0.1) is 12.5 Å². The highest BCUT2D eigenvalue weighted by atomic mass is 32.1. The van der Waals surface area contributed by atoms with Gasteiger partial charge < -0.3 is 15.0 Å². The highest BCUT2D eigenvalue weighted by Gasteiger charge is 2.28. The van der Waals surface area contributed by atoms with Gasteiger partial charge >= 0.3 is 5.97 Å².